The number of rotatable bonds is 6. The Hall–Kier alpha value is -2.16. The molecule has 7 nitrogen and oxygen atoms in total. The first kappa shape index (κ1) is 20.6. The van der Waals surface area contributed by atoms with Gasteiger partial charge in [-0.05, 0) is 23.8 Å². The third kappa shape index (κ3) is 5.21. The average molecular weight is 409 g/mol. The van der Waals surface area contributed by atoms with Crippen molar-refractivity contribution in [3.05, 3.63) is 64.7 Å². The molecule has 1 saturated heterocycles. The average Bonchev–Trinajstić information content (AvgIpc) is 2.70. The number of aliphatic hydroxyl groups is 3. The minimum absolute atomic E-state index is 0.158. The molecule has 1 fully saturated rings. The maximum absolute atomic E-state index is 12.3. The van der Waals surface area contributed by atoms with Gasteiger partial charge in [0, 0.05) is 5.02 Å². The van der Waals surface area contributed by atoms with Gasteiger partial charge >= 0.3 is 5.97 Å². The lowest BCUT2D eigenvalue weighted by molar-refractivity contribution is -0.195. The molecular weight excluding hydrogens is 388 g/mol. The topological polar surface area (TPSA) is 105 Å². The van der Waals surface area contributed by atoms with Crippen LogP contribution in [-0.4, -0.2) is 58.9 Å². The fraction of sp³-hybridized carbons (Fsp3) is 0.350. The second-order valence-corrected chi connectivity index (χ2v) is 6.91. The first-order chi connectivity index (χ1) is 13.4. The summed E-state index contributed by atoms with van der Waals surface area (Å²) in [5, 5.41) is 29.3. The maximum Gasteiger partial charge on any atom is 0.338 e. The van der Waals surface area contributed by atoms with Gasteiger partial charge < -0.3 is 29.5 Å². The van der Waals surface area contributed by atoms with Gasteiger partial charge in [-0.2, -0.15) is 0 Å². The van der Waals surface area contributed by atoms with Gasteiger partial charge in [0.1, 0.15) is 43.4 Å². The van der Waals surface area contributed by atoms with Crippen molar-refractivity contribution in [2.45, 2.75) is 31.0 Å². The number of halogens is 1. The van der Waals surface area contributed by atoms with E-state index in [0.717, 1.165) is 5.56 Å². The Labute approximate surface area is 167 Å². The van der Waals surface area contributed by atoms with Crippen molar-refractivity contribution in [1.82, 2.24) is 0 Å². The molecule has 8 heteroatoms. The Morgan fingerprint density at radius 3 is 2.61 bits per heavy atom. The molecule has 1 heterocycles. The first-order valence-corrected chi connectivity index (χ1v) is 9.12. The van der Waals surface area contributed by atoms with Crippen molar-refractivity contribution in [2.24, 2.45) is 0 Å². The number of hydrogen-bond donors (Lipinski definition) is 3. The van der Waals surface area contributed by atoms with Crippen LogP contribution in [0, 0.1) is 0 Å². The summed E-state index contributed by atoms with van der Waals surface area (Å²) >= 11 is 6.07. The molecule has 1 aliphatic rings. The van der Waals surface area contributed by atoms with E-state index in [4.69, 9.17) is 25.8 Å². The molecule has 0 aromatic heterocycles. The molecule has 2 aromatic carbocycles. The fourth-order valence-electron chi connectivity index (χ4n) is 2.76. The first-order valence-electron chi connectivity index (χ1n) is 8.74. The van der Waals surface area contributed by atoms with Crippen LogP contribution in [0.3, 0.4) is 0 Å². The zero-order chi connectivity index (χ0) is 20.1. The number of esters is 1. The van der Waals surface area contributed by atoms with E-state index in [1.807, 2.05) is 30.3 Å². The van der Waals surface area contributed by atoms with E-state index in [2.05, 4.69) is 0 Å². The summed E-state index contributed by atoms with van der Waals surface area (Å²) in [6.07, 6.45) is -4.84. The molecule has 3 N–H and O–H groups in total. The summed E-state index contributed by atoms with van der Waals surface area (Å²) in [6.45, 7) is -0.121. The number of carbonyl (C=O) groups excluding carboxylic acids is 1. The molecule has 0 bridgehead atoms. The number of benzene rings is 2. The Morgan fingerprint density at radius 1 is 1.11 bits per heavy atom. The van der Waals surface area contributed by atoms with Gasteiger partial charge in [-0.1, -0.05) is 41.9 Å². The molecule has 2 aromatic rings. The van der Waals surface area contributed by atoms with Crippen molar-refractivity contribution in [3.8, 4) is 5.75 Å². The molecule has 0 spiro atoms. The van der Waals surface area contributed by atoms with Crippen molar-refractivity contribution in [2.75, 3.05) is 13.2 Å². The van der Waals surface area contributed by atoms with Crippen molar-refractivity contribution in [1.29, 1.82) is 0 Å². The second-order valence-electron chi connectivity index (χ2n) is 6.47. The number of hydrogen-bond acceptors (Lipinski definition) is 7. The summed E-state index contributed by atoms with van der Waals surface area (Å²) in [4.78, 5) is 12.3. The smallest absolute Gasteiger partial charge is 0.338 e. The Morgan fingerprint density at radius 2 is 1.86 bits per heavy atom. The van der Waals surface area contributed by atoms with E-state index < -0.39 is 30.4 Å². The van der Waals surface area contributed by atoms with Crippen molar-refractivity contribution >= 4 is 17.6 Å². The van der Waals surface area contributed by atoms with Crippen LogP contribution in [0.5, 0.6) is 5.75 Å². The maximum atomic E-state index is 12.3. The molecule has 0 radical (unpaired) electrons. The molecule has 150 valence electrons. The van der Waals surface area contributed by atoms with Crippen LogP contribution in [0.2, 0.25) is 5.02 Å². The van der Waals surface area contributed by atoms with Crippen LogP contribution in [0.15, 0.2) is 48.5 Å². The van der Waals surface area contributed by atoms with Crippen LogP contribution < -0.4 is 4.74 Å². The summed E-state index contributed by atoms with van der Waals surface area (Å²) in [5.41, 5.74) is 1.15. The molecule has 28 heavy (non-hydrogen) atoms. The van der Waals surface area contributed by atoms with E-state index in [1.165, 1.54) is 12.1 Å². The normalized spacial score (nSPS) is 24.6. The molecule has 0 saturated carbocycles. The Balaban J connectivity index is 1.59. The largest absolute Gasteiger partial charge is 0.489 e. The Bertz CT molecular complexity index is 798. The molecule has 1 aliphatic heterocycles. The minimum atomic E-state index is -1.36. The monoisotopic (exact) mass is 408 g/mol. The summed E-state index contributed by atoms with van der Waals surface area (Å²) in [6, 6.07) is 14.1. The zero-order valence-electron chi connectivity index (χ0n) is 14.9. The summed E-state index contributed by atoms with van der Waals surface area (Å²) < 4.78 is 16.1. The van der Waals surface area contributed by atoms with Crippen LogP contribution >= 0.6 is 11.6 Å². The standard InChI is InChI=1S/C20H21ClO7/c21-14-6-13(7-15(8-14)26-9-12-4-2-1-3-5-12)20(25)28-11-17-19(24)18(23)16(22)10-27-17/h1-8,16-19,22-24H,9-11H2/t16-,17+,18+,19-/m0/s1. The van der Waals surface area contributed by atoms with Crippen LogP contribution in [0.25, 0.3) is 0 Å². The van der Waals surface area contributed by atoms with Gasteiger partial charge in [-0.25, -0.2) is 4.79 Å². The third-order valence-electron chi connectivity index (χ3n) is 4.34. The van der Waals surface area contributed by atoms with E-state index in [0.29, 0.717) is 17.4 Å². The van der Waals surface area contributed by atoms with E-state index in [1.54, 1.807) is 6.07 Å². The van der Waals surface area contributed by atoms with Crippen LogP contribution in [-0.2, 0) is 16.1 Å². The molecular formula is C20H21ClO7. The highest BCUT2D eigenvalue weighted by molar-refractivity contribution is 6.31. The molecule has 4 atom stereocenters. The van der Waals surface area contributed by atoms with E-state index >= 15 is 0 Å². The van der Waals surface area contributed by atoms with Gasteiger partial charge in [0.05, 0.1) is 12.2 Å². The molecule has 0 aliphatic carbocycles. The van der Waals surface area contributed by atoms with Gasteiger partial charge in [-0.15, -0.1) is 0 Å². The summed E-state index contributed by atoms with van der Waals surface area (Å²) in [7, 11) is 0. The lowest BCUT2D eigenvalue weighted by Crippen LogP contribution is -2.54. The van der Waals surface area contributed by atoms with Gasteiger partial charge in [-0.3, -0.25) is 0 Å². The highest BCUT2D eigenvalue weighted by Gasteiger charge is 2.38. The zero-order valence-corrected chi connectivity index (χ0v) is 15.7. The quantitative estimate of drug-likeness (QED) is 0.623. The van der Waals surface area contributed by atoms with Gasteiger partial charge in [0.2, 0.25) is 0 Å². The highest BCUT2D eigenvalue weighted by Crippen LogP contribution is 2.23. The van der Waals surface area contributed by atoms with Crippen LogP contribution in [0.4, 0.5) is 0 Å². The lowest BCUT2D eigenvalue weighted by Gasteiger charge is -2.34. The molecule has 3 rings (SSSR count). The van der Waals surface area contributed by atoms with Crippen LogP contribution in [0.1, 0.15) is 15.9 Å². The van der Waals surface area contributed by atoms with Crippen molar-refractivity contribution < 1.29 is 34.3 Å². The predicted octanol–water partition coefficient (Wildman–Crippen LogP) is 1.56. The summed E-state index contributed by atoms with van der Waals surface area (Å²) in [5.74, 6) is -0.265. The van der Waals surface area contributed by atoms with Crippen molar-refractivity contribution in [3.63, 3.8) is 0 Å². The predicted molar refractivity (Wildman–Crippen MR) is 100 cm³/mol. The SMILES string of the molecule is O=C(OC[C@H]1OC[C@H](O)[C@@H](O)[C@H]1O)c1cc(Cl)cc(OCc2ccccc2)c1. The molecule has 0 unspecified atom stereocenters. The van der Waals surface area contributed by atoms with Gasteiger partial charge in [0.15, 0.2) is 0 Å². The Kier molecular flexibility index (Phi) is 6.88. The van der Waals surface area contributed by atoms with E-state index in [-0.39, 0.29) is 18.8 Å². The van der Waals surface area contributed by atoms with E-state index in [9.17, 15) is 20.1 Å². The number of ether oxygens (including phenoxy) is 3. The number of carbonyl (C=O) groups is 1. The third-order valence-corrected chi connectivity index (χ3v) is 4.56. The highest BCUT2D eigenvalue weighted by atomic mass is 35.5. The number of aliphatic hydroxyl groups excluding tert-OH is 3. The minimum Gasteiger partial charge on any atom is -0.489 e. The molecule has 0 amide bonds. The van der Waals surface area contributed by atoms with Gasteiger partial charge in [0.25, 0.3) is 0 Å². The second kappa shape index (κ2) is 9.36. The fourth-order valence-corrected chi connectivity index (χ4v) is 2.98. The lowest BCUT2D eigenvalue weighted by atomic mass is 10.0.